The molecule has 1 N–H and O–H groups in total. The quantitative estimate of drug-likeness (QED) is 0.754. The molecule has 3 atom stereocenters. The van der Waals surface area contributed by atoms with E-state index >= 15 is 0 Å². The predicted molar refractivity (Wildman–Crippen MR) is 92.7 cm³/mol. The Morgan fingerprint density at radius 1 is 1.05 bits per heavy atom. The van der Waals surface area contributed by atoms with Crippen LogP contribution in [-0.4, -0.2) is 37.1 Å². The summed E-state index contributed by atoms with van der Waals surface area (Å²) in [4.78, 5) is 2.59. The van der Waals surface area contributed by atoms with Crippen molar-refractivity contribution in [1.82, 2.24) is 10.2 Å². The molecule has 3 unspecified atom stereocenters. The molecule has 2 fully saturated rings. The summed E-state index contributed by atoms with van der Waals surface area (Å²) in [5.74, 6) is 1.81. The van der Waals surface area contributed by atoms with Crippen molar-refractivity contribution in [2.24, 2.45) is 11.8 Å². The number of nitrogens with one attached hydrogen (secondary N) is 1. The third-order valence-corrected chi connectivity index (χ3v) is 6.31. The zero-order valence-electron chi connectivity index (χ0n) is 15.0. The maximum atomic E-state index is 3.95. The fourth-order valence-corrected chi connectivity index (χ4v) is 5.18. The van der Waals surface area contributed by atoms with E-state index in [-0.39, 0.29) is 0 Å². The molecule has 2 aliphatic rings. The average molecular weight is 295 g/mol. The van der Waals surface area contributed by atoms with Crippen LogP contribution in [0.3, 0.4) is 0 Å². The zero-order valence-corrected chi connectivity index (χ0v) is 15.0. The minimum absolute atomic E-state index is 0.397. The molecule has 2 aliphatic carbocycles. The molecule has 0 aromatic heterocycles. The summed E-state index contributed by atoms with van der Waals surface area (Å²) >= 11 is 0. The molecule has 0 spiro atoms. The summed E-state index contributed by atoms with van der Waals surface area (Å²) in [5, 5.41) is 3.95. The number of nitrogens with zero attached hydrogens (tertiary/aromatic N) is 1. The lowest BCUT2D eigenvalue weighted by atomic mass is 9.69. The number of hydrogen-bond donors (Lipinski definition) is 1. The summed E-state index contributed by atoms with van der Waals surface area (Å²) in [7, 11) is 4.67. The predicted octanol–water partition coefficient (Wildman–Crippen LogP) is 4.45. The molecule has 21 heavy (non-hydrogen) atoms. The minimum Gasteiger partial charge on any atom is -0.312 e. The van der Waals surface area contributed by atoms with Crippen LogP contribution in [0.1, 0.15) is 78.1 Å². The third kappa shape index (κ3) is 4.01. The van der Waals surface area contributed by atoms with Crippen LogP contribution in [0.25, 0.3) is 0 Å². The molecule has 0 aromatic carbocycles. The Morgan fingerprint density at radius 2 is 1.71 bits per heavy atom. The van der Waals surface area contributed by atoms with Crippen molar-refractivity contribution < 1.29 is 0 Å². The molecule has 2 heteroatoms. The molecular formula is C19H38N2. The van der Waals surface area contributed by atoms with Crippen molar-refractivity contribution in [2.75, 3.05) is 20.6 Å². The molecule has 0 saturated heterocycles. The largest absolute Gasteiger partial charge is 0.312 e. The van der Waals surface area contributed by atoms with Gasteiger partial charge in [-0.2, -0.15) is 0 Å². The van der Waals surface area contributed by atoms with Crippen LogP contribution in [-0.2, 0) is 0 Å². The van der Waals surface area contributed by atoms with Crippen molar-refractivity contribution in [3.63, 3.8) is 0 Å². The van der Waals surface area contributed by atoms with Crippen LogP contribution in [0.15, 0.2) is 0 Å². The van der Waals surface area contributed by atoms with Crippen LogP contribution >= 0.6 is 0 Å². The van der Waals surface area contributed by atoms with E-state index in [1.165, 1.54) is 64.2 Å². The molecule has 0 radical (unpaired) electrons. The second-order valence-electron chi connectivity index (χ2n) is 7.98. The highest BCUT2D eigenvalue weighted by molar-refractivity contribution is 5.03. The van der Waals surface area contributed by atoms with Crippen molar-refractivity contribution >= 4 is 0 Å². The standard InChI is InChI=1S/C19H38N2/c1-5-20-18(17-12-10-11-16(2)15-17)19(21(3)4)13-8-6-7-9-14-19/h16-18,20H,5-15H2,1-4H3. The molecule has 0 aromatic rings. The highest BCUT2D eigenvalue weighted by atomic mass is 15.2. The van der Waals surface area contributed by atoms with Gasteiger partial charge in [-0.15, -0.1) is 0 Å². The van der Waals surface area contributed by atoms with E-state index in [1.54, 1.807) is 0 Å². The van der Waals surface area contributed by atoms with E-state index in [9.17, 15) is 0 Å². The van der Waals surface area contributed by atoms with Crippen molar-refractivity contribution in [3.05, 3.63) is 0 Å². The van der Waals surface area contributed by atoms with Gasteiger partial charge in [0.25, 0.3) is 0 Å². The Kier molecular flexibility index (Phi) is 6.55. The fourth-order valence-electron chi connectivity index (χ4n) is 5.18. The van der Waals surface area contributed by atoms with Gasteiger partial charge >= 0.3 is 0 Å². The maximum Gasteiger partial charge on any atom is 0.0359 e. The van der Waals surface area contributed by atoms with Gasteiger partial charge in [-0.3, -0.25) is 0 Å². The van der Waals surface area contributed by atoms with E-state index in [4.69, 9.17) is 0 Å². The first-order valence-corrected chi connectivity index (χ1v) is 9.51. The van der Waals surface area contributed by atoms with Crippen LogP contribution in [0.4, 0.5) is 0 Å². The van der Waals surface area contributed by atoms with Gasteiger partial charge in [-0.25, -0.2) is 0 Å². The van der Waals surface area contributed by atoms with Gasteiger partial charge in [-0.05, 0) is 58.2 Å². The fraction of sp³-hybridized carbons (Fsp3) is 1.00. The van der Waals surface area contributed by atoms with Gasteiger partial charge in [-0.1, -0.05) is 52.4 Å². The summed E-state index contributed by atoms with van der Waals surface area (Å²) < 4.78 is 0. The molecule has 0 aliphatic heterocycles. The first-order valence-electron chi connectivity index (χ1n) is 9.51. The molecule has 0 bridgehead atoms. The number of hydrogen-bond acceptors (Lipinski definition) is 2. The maximum absolute atomic E-state index is 3.95. The summed E-state index contributed by atoms with van der Waals surface area (Å²) in [6.45, 7) is 5.87. The minimum atomic E-state index is 0.397. The van der Waals surface area contributed by atoms with Crippen molar-refractivity contribution in [1.29, 1.82) is 0 Å². The molecule has 0 heterocycles. The summed E-state index contributed by atoms with van der Waals surface area (Å²) in [6.07, 6.45) is 14.3. The molecule has 124 valence electrons. The second kappa shape index (κ2) is 7.97. The lowest BCUT2D eigenvalue weighted by Gasteiger charge is -2.50. The normalized spacial score (nSPS) is 31.9. The van der Waals surface area contributed by atoms with E-state index in [0.717, 1.165) is 18.4 Å². The summed E-state index contributed by atoms with van der Waals surface area (Å²) in [6, 6.07) is 0.693. The lowest BCUT2D eigenvalue weighted by molar-refractivity contribution is 0.0370. The lowest BCUT2D eigenvalue weighted by Crippen LogP contribution is -2.62. The van der Waals surface area contributed by atoms with E-state index < -0.39 is 0 Å². The number of likely N-dealkylation sites (N-methyl/N-ethyl adjacent to an activating group) is 2. The monoisotopic (exact) mass is 294 g/mol. The Balaban J connectivity index is 2.22. The molecule has 0 amide bonds. The van der Waals surface area contributed by atoms with Gasteiger partial charge in [0.1, 0.15) is 0 Å². The van der Waals surface area contributed by atoms with Crippen LogP contribution < -0.4 is 5.32 Å². The SMILES string of the molecule is CCNC(C1CCCC(C)C1)C1(N(C)C)CCCCCC1. The average Bonchev–Trinajstić information content (AvgIpc) is 2.71. The first kappa shape index (κ1) is 17.3. The molecule has 2 rings (SSSR count). The zero-order chi connectivity index (χ0) is 15.3. The van der Waals surface area contributed by atoms with Gasteiger partial charge in [0.05, 0.1) is 0 Å². The first-order chi connectivity index (χ1) is 10.1. The highest BCUT2D eigenvalue weighted by Gasteiger charge is 2.44. The van der Waals surface area contributed by atoms with Crippen molar-refractivity contribution in [2.45, 2.75) is 89.6 Å². The Hall–Kier alpha value is -0.0800. The Bertz CT molecular complexity index is 292. The van der Waals surface area contributed by atoms with Gasteiger partial charge < -0.3 is 10.2 Å². The van der Waals surface area contributed by atoms with Crippen LogP contribution in [0.5, 0.6) is 0 Å². The smallest absolute Gasteiger partial charge is 0.0359 e. The molecule has 2 saturated carbocycles. The topological polar surface area (TPSA) is 15.3 Å². The molecular weight excluding hydrogens is 256 g/mol. The Morgan fingerprint density at radius 3 is 2.24 bits per heavy atom. The van der Waals surface area contributed by atoms with E-state index in [1.807, 2.05) is 0 Å². The van der Waals surface area contributed by atoms with Crippen molar-refractivity contribution in [3.8, 4) is 0 Å². The van der Waals surface area contributed by atoms with E-state index in [0.29, 0.717) is 11.6 Å². The Labute approximate surface area is 133 Å². The number of rotatable bonds is 5. The van der Waals surface area contributed by atoms with Gasteiger partial charge in [0, 0.05) is 11.6 Å². The third-order valence-electron chi connectivity index (χ3n) is 6.31. The molecule has 2 nitrogen and oxygen atoms in total. The second-order valence-corrected chi connectivity index (χ2v) is 7.98. The van der Waals surface area contributed by atoms with Gasteiger partial charge in [0.15, 0.2) is 0 Å². The van der Waals surface area contributed by atoms with Gasteiger partial charge in [0.2, 0.25) is 0 Å². The highest BCUT2D eigenvalue weighted by Crippen LogP contribution is 2.41. The van der Waals surface area contributed by atoms with Crippen LogP contribution in [0, 0.1) is 11.8 Å². The van der Waals surface area contributed by atoms with E-state index in [2.05, 4.69) is 38.2 Å². The van der Waals surface area contributed by atoms with Crippen LogP contribution in [0.2, 0.25) is 0 Å². The summed E-state index contributed by atoms with van der Waals surface area (Å²) in [5.41, 5.74) is 0.397.